The summed E-state index contributed by atoms with van der Waals surface area (Å²) in [6, 6.07) is 4.71. The minimum absolute atomic E-state index is 0.0674. The number of nitrogens with zero attached hydrogens (tertiary/aromatic N) is 1. The maximum atomic E-state index is 14.2. The van der Waals surface area contributed by atoms with Crippen molar-refractivity contribution < 1.29 is 43.1 Å². The van der Waals surface area contributed by atoms with E-state index in [1.165, 1.54) is 23.6 Å². The van der Waals surface area contributed by atoms with Crippen LogP contribution in [0.1, 0.15) is 65.0 Å². The summed E-state index contributed by atoms with van der Waals surface area (Å²) in [5.74, 6) is -5.58. The molecule has 0 saturated carbocycles. The first-order valence-corrected chi connectivity index (χ1v) is 22.3. The number of carbonyl (C=O) groups is 8. The predicted molar refractivity (Wildman–Crippen MR) is 235 cm³/mol. The summed E-state index contributed by atoms with van der Waals surface area (Å²) >= 11 is 13.9. The zero-order chi connectivity index (χ0) is 45.7. The Morgan fingerprint density at radius 3 is 2.06 bits per heavy atom. The lowest BCUT2D eigenvalue weighted by atomic mass is 9.99. The van der Waals surface area contributed by atoms with Crippen molar-refractivity contribution in [2.45, 2.75) is 103 Å². The molecule has 2 aliphatic rings. The van der Waals surface area contributed by atoms with E-state index in [-0.39, 0.29) is 37.8 Å². The first-order valence-electron chi connectivity index (χ1n) is 20.4. The molecule has 20 heteroatoms. The molecule has 2 saturated heterocycles. The van der Waals surface area contributed by atoms with Gasteiger partial charge in [-0.2, -0.15) is 11.8 Å². The molecule has 62 heavy (non-hydrogen) atoms. The van der Waals surface area contributed by atoms with E-state index >= 15 is 0 Å². The molecule has 6 atom stereocenters. The molecular formula is C42H56Cl2N8O9S. The third kappa shape index (κ3) is 14.2. The van der Waals surface area contributed by atoms with E-state index in [4.69, 9.17) is 33.7 Å². The molecule has 2 aromatic carbocycles. The number of benzene rings is 2. The number of fused-ring (bicyclic) bond motifs is 1. The number of ether oxygens (including phenoxy) is 1. The van der Waals surface area contributed by atoms with Crippen molar-refractivity contribution in [1.29, 1.82) is 0 Å². The van der Waals surface area contributed by atoms with E-state index in [9.17, 15) is 38.4 Å². The Bertz CT molecular complexity index is 1950. The van der Waals surface area contributed by atoms with Crippen LogP contribution in [-0.4, -0.2) is 113 Å². The largest absolute Gasteiger partial charge is 0.489 e. The van der Waals surface area contributed by atoms with E-state index in [0.29, 0.717) is 45.5 Å². The van der Waals surface area contributed by atoms with E-state index in [0.717, 1.165) is 0 Å². The SMILES string of the molecule is CC(=O)N[C@H]1CSCCNC(=O)[C@@H]2CCCN2C(=O)[C@H](C(C)C)NC(=O)[C@H](CC(N)=O)NC(=O)[C@H](C(C)C)NC(=O)[C@H](Cc2ccc(OCc3c(Cl)cccc3Cl)cc2)NC1=O. The highest BCUT2D eigenvalue weighted by molar-refractivity contribution is 7.99. The molecule has 0 spiro atoms. The number of amides is 8. The summed E-state index contributed by atoms with van der Waals surface area (Å²) in [6.45, 7) is 8.53. The standard InChI is InChI=1S/C42H56Cl2N8O9S/c1-22(2)35-41(59)49-31(19-34(45)54)38(56)51-36(23(3)4)42(60)52-16-7-10-33(52)40(58)46-15-17-62-21-32(47-24(5)53)39(57)48-30(37(55)50-35)18-25-11-13-26(14-12-25)61-20-27-28(43)8-6-9-29(27)44/h6,8-9,11-14,22-23,30-33,35-36H,7,10,15-21H2,1-5H3,(H2,45,54)(H,46,58)(H,47,53)(H,48,57)(H,49,59)(H,50,55)(H,51,56)/t30-,31-,32-,33-,35-,36-/m0/s1. The Hall–Kier alpha value is -5.07. The summed E-state index contributed by atoms with van der Waals surface area (Å²) in [6.07, 6.45) is 0.252. The van der Waals surface area contributed by atoms with Crippen molar-refractivity contribution in [1.82, 2.24) is 36.8 Å². The van der Waals surface area contributed by atoms with Crippen LogP contribution in [0.4, 0.5) is 0 Å². The second-order valence-corrected chi connectivity index (χ2v) is 17.9. The average molecular weight is 920 g/mol. The molecular weight excluding hydrogens is 863 g/mol. The Balaban J connectivity index is 1.65. The smallest absolute Gasteiger partial charge is 0.246 e. The van der Waals surface area contributed by atoms with Gasteiger partial charge in [-0.3, -0.25) is 38.4 Å². The molecule has 2 heterocycles. The van der Waals surface area contributed by atoms with E-state index < -0.39 is 95.9 Å². The Morgan fingerprint density at radius 2 is 1.45 bits per heavy atom. The molecule has 2 aromatic rings. The van der Waals surface area contributed by atoms with Crippen molar-refractivity contribution in [3.63, 3.8) is 0 Å². The van der Waals surface area contributed by atoms with E-state index in [1.54, 1.807) is 70.2 Å². The van der Waals surface area contributed by atoms with Crippen LogP contribution in [0.2, 0.25) is 10.0 Å². The summed E-state index contributed by atoms with van der Waals surface area (Å²) in [5.41, 5.74) is 6.70. The first kappa shape index (κ1) is 49.6. The van der Waals surface area contributed by atoms with Crippen LogP contribution in [0, 0.1) is 11.8 Å². The molecule has 2 fully saturated rings. The summed E-state index contributed by atoms with van der Waals surface area (Å²) in [5, 5.41) is 17.0. The van der Waals surface area contributed by atoms with Crippen molar-refractivity contribution in [3.8, 4) is 5.75 Å². The topological polar surface area (TPSA) is 247 Å². The number of thioether (sulfide) groups is 1. The lowest BCUT2D eigenvalue weighted by Crippen LogP contribution is -2.61. The van der Waals surface area contributed by atoms with E-state index in [2.05, 4.69) is 31.9 Å². The number of rotatable bonds is 10. The minimum Gasteiger partial charge on any atom is -0.489 e. The van der Waals surface area contributed by atoms with Gasteiger partial charge in [-0.05, 0) is 54.5 Å². The molecule has 17 nitrogen and oxygen atoms in total. The lowest BCUT2D eigenvalue weighted by Gasteiger charge is -2.32. The Kier molecular flexibility index (Phi) is 18.7. The maximum absolute atomic E-state index is 14.2. The van der Waals surface area contributed by atoms with Gasteiger partial charge in [0.2, 0.25) is 47.3 Å². The number of halogens is 2. The van der Waals surface area contributed by atoms with Gasteiger partial charge in [0.05, 0.1) is 6.42 Å². The number of carbonyl (C=O) groups excluding carboxylic acids is 8. The van der Waals surface area contributed by atoms with Crippen LogP contribution in [-0.2, 0) is 51.4 Å². The normalized spacial score (nSPS) is 23.8. The molecule has 0 bridgehead atoms. The average Bonchev–Trinajstić information content (AvgIpc) is 3.70. The molecule has 8 amide bonds. The van der Waals surface area contributed by atoms with Crippen LogP contribution in [0.15, 0.2) is 42.5 Å². The molecule has 0 radical (unpaired) electrons. The van der Waals surface area contributed by atoms with Crippen molar-refractivity contribution in [2.24, 2.45) is 17.6 Å². The van der Waals surface area contributed by atoms with E-state index in [1.807, 2.05) is 0 Å². The summed E-state index contributed by atoms with van der Waals surface area (Å²) < 4.78 is 5.90. The highest BCUT2D eigenvalue weighted by Crippen LogP contribution is 2.26. The highest BCUT2D eigenvalue weighted by atomic mass is 35.5. The summed E-state index contributed by atoms with van der Waals surface area (Å²) in [7, 11) is 0. The molecule has 0 aliphatic carbocycles. The number of nitrogens with two attached hydrogens (primary N) is 1. The molecule has 8 N–H and O–H groups in total. The van der Waals surface area contributed by atoms with Gasteiger partial charge in [0, 0.05) is 53.5 Å². The highest BCUT2D eigenvalue weighted by Gasteiger charge is 2.40. The number of hydrogen-bond acceptors (Lipinski definition) is 10. The van der Waals surface area contributed by atoms with Gasteiger partial charge in [-0.25, -0.2) is 0 Å². The van der Waals surface area contributed by atoms with Gasteiger partial charge in [-0.15, -0.1) is 0 Å². The van der Waals surface area contributed by atoms with Crippen LogP contribution in [0.3, 0.4) is 0 Å². The quantitative estimate of drug-likeness (QED) is 0.182. The Morgan fingerprint density at radius 1 is 0.839 bits per heavy atom. The maximum Gasteiger partial charge on any atom is 0.246 e. The van der Waals surface area contributed by atoms with Gasteiger partial charge in [0.25, 0.3) is 0 Å². The van der Waals surface area contributed by atoms with Gasteiger partial charge in [-0.1, -0.05) is 69.1 Å². The van der Waals surface area contributed by atoms with Crippen molar-refractivity contribution in [2.75, 3.05) is 24.6 Å². The zero-order valence-electron chi connectivity index (χ0n) is 35.4. The second kappa shape index (κ2) is 23.4. The fourth-order valence-electron chi connectivity index (χ4n) is 6.97. The minimum atomic E-state index is -1.54. The fraction of sp³-hybridized carbons (Fsp3) is 0.524. The number of nitrogens with one attached hydrogen (secondary N) is 6. The van der Waals surface area contributed by atoms with Crippen LogP contribution < -0.4 is 42.4 Å². The molecule has 4 rings (SSSR count). The Labute approximate surface area is 375 Å². The lowest BCUT2D eigenvalue weighted by molar-refractivity contribution is -0.143. The van der Waals surface area contributed by atoms with Crippen molar-refractivity contribution >= 4 is 82.2 Å². The third-order valence-electron chi connectivity index (χ3n) is 10.3. The van der Waals surface area contributed by atoms with Gasteiger partial charge in [0.1, 0.15) is 48.6 Å². The molecule has 2 aliphatic heterocycles. The second-order valence-electron chi connectivity index (χ2n) is 15.9. The molecule has 0 aromatic heterocycles. The van der Waals surface area contributed by atoms with Crippen LogP contribution in [0.25, 0.3) is 0 Å². The van der Waals surface area contributed by atoms with Gasteiger partial charge < -0.3 is 47.3 Å². The fourth-order valence-corrected chi connectivity index (χ4v) is 8.36. The van der Waals surface area contributed by atoms with Gasteiger partial charge in [0.15, 0.2) is 0 Å². The molecule has 0 unspecified atom stereocenters. The molecule has 338 valence electrons. The number of primary amides is 1. The van der Waals surface area contributed by atoms with Crippen LogP contribution in [0.5, 0.6) is 5.75 Å². The van der Waals surface area contributed by atoms with Crippen LogP contribution >= 0.6 is 35.0 Å². The number of hydrogen-bond donors (Lipinski definition) is 7. The predicted octanol–water partition coefficient (Wildman–Crippen LogP) is 1.60. The monoisotopic (exact) mass is 918 g/mol. The third-order valence-corrected chi connectivity index (χ3v) is 12.1. The first-order chi connectivity index (χ1) is 29.4. The zero-order valence-corrected chi connectivity index (χ0v) is 37.7. The summed E-state index contributed by atoms with van der Waals surface area (Å²) in [4.78, 5) is 109. The van der Waals surface area contributed by atoms with Gasteiger partial charge >= 0.3 is 0 Å². The van der Waals surface area contributed by atoms with Crippen molar-refractivity contribution in [3.05, 3.63) is 63.6 Å².